The first-order chi connectivity index (χ1) is 11.1. The van der Waals surface area contributed by atoms with E-state index < -0.39 is 5.56 Å². The smallest absolute Gasteiger partial charge is 0.266 e. The van der Waals surface area contributed by atoms with Gasteiger partial charge in [-0.25, -0.2) is 9.07 Å². The largest absolute Gasteiger partial charge is 0.286 e. The molecular weight excluding hydrogens is 337 g/mol. The lowest BCUT2D eigenvalue weighted by Crippen LogP contribution is -2.27. The number of hydrogen-bond acceptors (Lipinski definition) is 4. The van der Waals surface area contributed by atoms with Gasteiger partial charge in [-0.2, -0.15) is 21.7 Å². The van der Waals surface area contributed by atoms with Gasteiger partial charge >= 0.3 is 0 Å². The third-order valence-corrected chi connectivity index (χ3v) is 4.30. The summed E-state index contributed by atoms with van der Waals surface area (Å²) in [6.45, 7) is 0.127. The zero-order chi connectivity index (χ0) is 16.4. The van der Waals surface area contributed by atoms with E-state index in [-0.39, 0.29) is 22.9 Å². The van der Waals surface area contributed by atoms with Crippen LogP contribution in [-0.4, -0.2) is 9.78 Å². The molecule has 0 aliphatic carbocycles. The molecule has 7 heteroatoms. The summed E-state index contributed by atoms with van der Waals surface area (Å²) in [5.74, 6) is -0.359. The van der Waals surface area contributed by atoms with Gasteiger partial charge in [-0.1, -0.05) is 23.7 Å². The molecule has 0 unspecified atom stereocenters. The van der Waals surface area contributed by atoms with Crippen molar-refractivity contribution in [3.05, 3.63) is 73.4 Å². The summed E-state index contributed by atoms with van der Waals surface area (Å²) in [5.41, 5.74) is 1.10. The Kier molecular flexibility index (Phi) is 4.24. The Morgan fingerprint density at radius 2 is 2.04 bits per heavy atom. The summed E-state index contributed by atoms with van der Waals surface area (Å²) in [7, 11) is 0. The SMILES string of the molecule is N#Cc1c(Cl)c(-c2ccsc2)nn(Cc2ccc(F)cc2)c1=O. The van der Waals surface area contributed by atoms with E-state index in [1.807, 2.05) is 22.9 Å². The standard InChI is InChI=1S/C16H9ClFN3OS/c17-14-13(7-19)16(22)21(8-10-1-3-12(18)4-2-10)20-15(14)11-5-6-23-9-11/h1-6,9H,8H2. The molecule has 0 atom stereocenters. The molecule has 0 aliphatic heterocycles. The van der Waals surface area contributed by atoms with E-state index in [1.165, 1.54) is 28.2 Å². The Morgan fingerprint density at radius 3 is 2.65 bits per heavy atom. The molecule has 4 nitrogen and oxygen atoms in total. The molecule has 0 bridgehead atoms. The first-order valence-corrected chi connectivity index (χ1v) is 7.90. The fraction of sp³-hybridized carbons (Fsp3) is 0.0625. The van der Waals surface area contributed by atoms with Crippen molar-refractivity contribution in [3.8, 4) is 17.3 Å². The number of hydrogen-bond donors (Lipinski definition) is 0. The van der Waals surface area contributed by atoms with Crippen LogP contribution in [0.2, 0.25) is 5.02 Å². The second-order valence-corrected chi connectivity index (χ2v) is 5.91. The second-order valence-electron chi connectivity index (χ2n) is 4.75. The van der Waals surface area contributed by atoms with Gasteiger partial charge in [0.2, 0.25) is 0 Å². The van der Waals surface area contributed by atoms with Crippen molar-refractivity contribution in [2.75, 3.05) is 0 Å². The summed E-state index contributed by atoms with van der Waals surface area (Å²) in [6.07, 6.45) is 0. The minimum Gasteiger partial charge on any atom is -0.266 e. The fourth-order valence-corrected chi connectivity index (χ4v) is 3.01. The lowest BCUT2D eigenvalue weighted by Gasteiger charge is -2.10. The monoisotopic (exact) mass is 345 g/mol. The Morgan fingerprint density at radius 1 is 1.30 bits per heavy atom. The van der Waals surface area contributed by atoms with Crippen LogP contribution in [-0.2, 0) is 6.54 Å². The van der Waals surface area contributed by atoms with Gasteiger partial charge in [0.25, 0.3) is 5.56 Å². The van der Waals surface area contributed by atoms with Gasteiger partial charge in [0, 0.05) is 10.9 Å². The van der Waals surface area contributed by atoms with E-state index >= 15 is 0 Å². The molecule has 3 rings (SSSR count). The normalized spacial score (nSPS) is 10.5. The van der Waals surface area contributed by atoms with E-state index in [9.17, 15) is 14.4 Å². The van der Waals surface area contributed by atoms with Crippen molar-refractivity contribution in [1.82, 2.24) is 9.78 Å². The van der Waals surface area contributed by atoms with Gasteiger partial charge in [-0.15, -0.1) is 0 Å². The van der Waals surface area contributed by atoms with Crippen LogP contribution in [0.1, 0.15) is 11.1 Å². The van der Waals surface area contributed by atoms with E-state index in [0.717, 1.165) is 5.56 Å². The molecule has 0 radical (unpaired) electrons. The van der Waals surface area contributed by atoms with E-state index in [4.69, 9.17) is 11.6 Å². The Balaban J connectivity index is 2.13. The molecule has 1 aromatic carbocycles. The quantitative estimate of drug-likeness (QED) is 0.727. The van der Waals surface area contributed by atoms with Crippen molar-refractivity contribution in [3.63, 3.8) is 0 Å². The average Bonchev–Trinajstić information content (AvgIpc) is 3.07. The summed E-state index contributed by atoms with van der Waals surface area (Å²) in [5, 5.41) is 17.2. The molecule has 0 aliphatic rings. The molecule has 0 saturated carbocycles. The third kappa shape index (κ3) is 3.02. The zero-order valence-corrected chi connectivity index (χ0v) is 13.2. The second kappa shape index (κ2) is 6.32. The highest BCUT2D eigenvalue weighted by Crippen LogP contribution is 2.28. The molecule has 114 valence electrons. The number of aromatic nitrogens is 2. The molecule has 0 N–H and O–H groups in total. The van der Waals surface area contributed by atoms with Crippen LogP contribution < -0.4 is 5.56 Å². The zero-order valence-electron chi connectivity index (χ0n) is 11.7. The average molecular weight is 346 g/mol. The maximum absolute atomic E-state index is 13.0. The topological polar surface area (TPSA) is 58.7 Å². The lowest BCUT2D eigenvalue weighted by atomic mass is 10.2. The number of rotatable bonds is 3. The fourth-order valence-electron chi connectivity index (χ4n) is 2.10. The number of nitrogens with zero attached hydrogens (tertiary/aromatic N) is 3. The highest BCUT2D eigenvalue weighted by molar-refractivity contribution is 7.08. The molecule has 3 aromatic rings. The molecule has 0 fully saturated rings. The number of benzene rings is 1. The van der Waals surface area contributed by atoms with Crippen LogP contribution in [0.3, 0.4) is 0 Å². The van der Waals surface area contributed by atoms with Crippen molar-refractivity contribution < 1.29 is 4.39 Å². The van der Waals surface area contributed by atoms with Gasteiger partial charge in [-0.3, -0.25) is 4.79 Å². The van der Waals surface area contributed by atoms with Crippen molar-refractivity contribution in [2.24, 2.45) is 0 Å². The van der Waals surface area contributed by atoms with Crippen molar-refractivity contribution >= 4 is 22.9 Å². The van der Waals surface area contributed by atoms with Crippen LogP contribution in [0.5, 0.6) is 0 Å². The molecule has 2 heterocycles. The van der Waals surface area contributed by atoms with Crippen LogP contribution >= 0.6 is 22.9 Å². The van der Waals surface area contributed by atoms with E-state index in [0.29, 0.717) is 11.3 Å². The maximum atomic E-state index is 13.0. The summed E-state index contributed by atoms with van der Waals surface area (Å²) < 4.78 is 14.2. The number of thiophene rings is 1. The van der Waals surface area contributed by atoms with E-state index in [1.54, 1.807) is 12.1 Å². The van der Waals surface area contributed by atoms with Crippen LogP contribution in [0.15, 0.2) is 45.9 Å². The van der Waals surface area contributed by atoms with Gasteiger partial charge in [0.05, 0.1) is 11.6 Å². The van der Waals surface area contributed by atoms with Crippen molar-refractivity contribution in [2.45, 2.75) is 6.54 Å². The lowest BCUT2D eigenvalue weighted by molar-refractivity contribution is 0.619. The van der Waals surface area contributed by atoms with Gasteiger partial charge < -0.3 is 0 Å². The van der Waals surface area contributed by atoms with Gasteiger partial charge in [-0.05, 0) is 29.1 Å². The summed E-state index contributed by atoms with van der Waals surface area (Å²) >= 11 is 7.62. The predicted molar refractivity (Wildman–Crippen MR) is 87.0 cm³/mol. The molecule has 0 amide bonds. The number of halogens is 2. The van der Waals surface area contributed by atoms with Crippen LogP contribution in [0.25, 0.3) is 11.3 Å². The first kappa shape index (κ1) is 15.4. The highest BCUT2D eigenvalue weighted by Gasteiger charge is 2.17. The van der Waals surface area contributed by atoms with E-state index in [2.05, 4.69) is 5.10 Å². The molecule has 0 saturated heterocycles. The minimum absolute atomic E-state index is 0.0475. The Labute approximate surface area is 140 Å². The Bertz CT molecular complexity index is 943. The van der Waals surface area contributed by atoms with Crippen LogP contribution in [0, 0.1) is 17.1 Å². The first-order valence-electron chi connectivity index (χ1n) is 6.58. The number of nitriles is 1. The summed E-state index contributed by atoms with van der Waals surface area (Å²) in [4.78, 5) is 12.3. The molecule has 0 spiro atoms. The highest BCUT2D eigenvalue weighted by atomic mass is 35.5. The third-order valence-electron chi connectivity index (χ3n) is 3.25. The van der Waals surface area contributed by atoms with Crippen LogP contribution in [0.4, 0.5) is 4.39 Å². The Hall–Kier alpha value is -2.49. The minimum atomic E-state index is -0.569. The summed E-state index contributed by atoms with van der Waals surface area (Å²) in [6, 6.07) is 9.39. The maximum Gasteiger partial charge on any atom is 0.286 e. The predicted octanol–water partition coefficient (Wildman–Crippen LogP) is 3.68. The molecule has 23 heavy (non-hydrogen) atoms. The van der Waals surface area contributed by atoms with Gasteiger partial charge in [0.1, 0.15) is 23.1 Å². The molecular formula is C16H9ClFN3OS. The van der Waals surface area contributed by atoms with Crippen molar-refractivity contribution in [1.29, 1.82) is 5.26 Å². The molecule has 2 aromatic heterocycles. The van der Waals surface area contributed by atoms with Gasteiger partial charge in [0.15, 0.2) is 0 Å².